The number of benzene rings is 1. The Balaban J connectivity index is 3.37. The van der Waals surface area contributed by atoms with Crippen molar-refractivity contribution in [1.82, 2.24) is 0 Å². The molecule has 0 aromatic heterocycles. The standard InChI is InChI=1S/C9H13NO3S/c1-7-4-5-8(10(2)3)6-9(7)14(11,12)13/h4-6H,1-3H3,(H,11,12,13). The van der Waals surface area contributed by atoms with E-state index in [0.717, 1.165) is 5.69 Å². The first-order chi connectivity index (χ1) is 6.32. The Morgan fingerprint density at radius 1 is 1.29 bits per heavy atom. The topological polar surface area (TPSA) is 57.6 Å². The maximum Gasteiger partial charge on any atom is 0.294 e. The fourth-order valence-corrected chi connectivity index (χ4v) is 1.89. The summed E-state index contributed by atoms with van der Waals surface area (Å²) >= 11 is 0. The van der Waals surface area contributed by atoms with Crippen LogP contribution in [0.2, 0.25) is 0 Å². The SMILES string of the molecule is Cc1ccc(N(C)C)cc1S(=O)(=O)O. The normalized spacial score (nSPS) is 11.4. The molecule has 0 aliphatic rings. The largest absolute Gasteiger partial charge is 0.378 e. The third kappa shape index (κ3) is 2.24. The summed E-state index contributed by atoms with van der Waals surface area (Å²) in [5.74, 6) is 0. The van der Waals surface area contributed by atoms with Crippen LogP contribution in [0, 0.1) is 6.92 Å². The summed E-state index contributed by atoms with van der Waals surface area (Å²) in [5, 5.41) is 0. The predicted octanol–water partition coefficient (Wildman–Crippen LogP) is 1.31. The van der Waals surface area contributed by atoms with E-state index in [0.29, 0.717) is 5.56 Å². The molecular formula is C9H13NO3S. The minimum atomic E-state index is -4.12. The highest BCUT2D eigenvalue weighted by Crippen LogP contribution is 2.21. The van der Waals surface area contributed by atoms with Gasteiger partial charge in [0.1, 0.15) is 0 Å². The lowest BCUT2D eigenvalue weighted by molar-refractivity contribution is 0.482. The van der Waals surface area contributed by atoms with Gasteiger partial charge in [0.2, 0.25) is 0 Å². The van der Waals surface area contributed by atoms with E-state index in [1.807, 2.05) is 0 Å². The molecule has 1 rings (SSSR count). The monoisotopic (exact) mass is 215 g/mol. The van der Waals surface area contributed by atoms with Crippen molar-refractivity contribution in [3.8, 4) is 0 Å². The third-order valence-electron chi connectivity index (χ3n) is 1.97. The van der Waals surface area contributed by atoms with Gasteiger partial charge in [-0.15, -0.1) is 0 Å². The van der Waals surface area contributed by atoms with Gasteiger partial charge in [0.15, 0.2) is 0 Å². The lowest BCUT2D eigenvalue weighted by Crippen LogP contribution is -2.10. The highest BCUT2D eigenvalue weighted by atomic mass is 32.2. The van der Waals surface area contributed by atoms with Gasteiger partial charge >= 0.3 is 0 Å². The second-order valence-corrected chi connectivity index (χ2v) is 4.71. The van der Waals surface area contributed by atoms with E-state index in [1.165, 1.54) is 6.07 Å². The molecule has 0 unspecified atom stereocenters. The van der Waals surface area contributed by atoms with Crippen LogP contribution >= 0.6 is 0 Å². The number of anilines is 1. The lowest BCUT2D eigenvalue weighted by Gasteiger charge is -2.14. The summed E-state index contributed by atoms with van der Waals surface area (Å²) in [6.07, 6.45) is 0. The molecule has 4 nitrogen and oxygen atoms in total. The summed E-state index contributed by atoms with van der Waals surface area (Å²) in [5.41, 5.74) is 1.28. The van der Waals surface area contributed by atoms with E-state index >= 15 is 0 Å². The highest BCUT2D eigenvalue weighted by molar-refractivity contribution is 7.85. The molecular weight excluding hydrogens is 202 g/mol. The quantitative estimate of drug-likeness (QED) is 0.756. The van der Waals surface area contributed by atoms with Gasteiger partial charge in [-0.25, -0.2) is 0 Å². The first kappa shape index (κ1) is 11.0. The molecule has 0 amide bonds. The molecule has 78 valence electrons. The van der Waals surface area contributed by atoms with Gasteiger partial charge in [-0.1, -0.05) is 6.07 Å². The van der Waals surface area contributed by atoms with Crippen LogP contribution in [0.4, 0.5) is 5.69 Å². The zero-order chi connectivity index (χ0) is 10.9. The van der Waals surface area contributed by atoms with Crippen LogP contribution in [0.5, 0.6) is 0 Å². The lowest BCUT2D eigenvalue weighted by atomic mass is 10.2. The fraction of sp³-hybridized carbons (Fsp3) is 0.333. The van der Waals surface area contributed by atoms with E-state index in [4.69, 9.17) is 4.55 Å². The summed E-state index contributed by atoms with van der Waals surface area (Å²) < 4.78 is 30.9. The Morgan fingerprint density at radius 3 is 2.29 bits per heavy atom. The molecule has 0 atom stereocenters. The van der Waals surface area contributed by atoms with Crippen LogP contribution in [0.1, 0.15) is 5.56 Å². The summed E-state index contributed by atoms with van der Waals surface area (Å²) in [6.45, 7) is 1.64. The molecule has 0 bridgehead atoms. The Bertz CT molecular complexity index is 437. The van der Waals surface area contributed by atoms with Gasteiger partial charge in [0.05, 0.1) is 4.90 Å². The van der Waals surface area contributed by atoms with Gasteiger partial charge < -0.3 is 4.90 Å². The van der Waals surface area contributed by atoms with Crippen LogP contribution in [-0.4, -0.2) is 27.1 Å². The number of rotatable bonds is 2. The van der Waals surface area contributed by atoms with Gasteiger partial charge in [0, 0.05) is 19.8 Å². The fourth-order valence-electron chi connectivity index (χ4n) is 1.14. The highest BCUT2D eigenvalue weighted by Gasteiger charge is 2.13. The van der Waals surface area contributed by atoms with Crippen molar-refractivity contribution >= 4 is 15.8 Å². The summed E-state index contributed by atoms with van der Waals surface area (Å²) in [7, 11) is -0.508. The van der Waals surface area contributed by atoms with Crippen molar-refractivity contribution in [1.29, 1.82) is 0 Å². The second kappa shape index (κ2) is 3.59. The summed E-state index contributed by atoms with van der Waals surface area (Å²) in [6, 6.07) is 4.91. The smallest absolute Gasteiger partial charge is 0.294 e. The predicted molar refractivity (Wildman–Crippen MR) is 55.3 cm³/mol. The zero-order valence-corrected chi connectivity index (χ0v) is 9.17. The average molecular weight is 215 g/mol. The Kier molecular flexibility index (Phi) is 2.82. The van der Waals surface area contributed by atoms with E-state index in [1.54, 1.807) is 38.1 Å². The van der Waals surface area contributed by atoms with Gasteiger partial charge in [-0.2, -0.15) is 8.42 Å². The van der Waals surface area contributed by atoms with Crippen LogP contribution in [-0.2, 0) is 10.1 Å². The molecule has 5 heteroatoms. The van der Waals surface area contributed by atoms with E-state index < -0.39 is 10.1 Å². The molecule has 0 saturated carbocycles. The van der Waals surface area contributed by atoms with Crippen molar-refractivity contribution in [2.45, 2.75) is 11.8 Å². The Morgan fingerprint density at radius 2 is 1.86 bits per heavy atom. The first-order valence-corrected chi connectivity index (χ1v) is 5.52. The first-order valence-electron chi connectivity index (χ1n) is 4.08. The van der Waals surface area contributed by atoms with Crippen molar-refractivity contribution in [2.24, 2.45) is 0 Å². The average Bonchev–Trinajstić information content (AvgIpc) is 2.02. The number of hydrogen-bond donors (Lipinski definition) is 1. The minimum absolute atomic E-state index is 0.0382. The molecule has 0 fully saturated rings. The van der Waals surface area contributed by atoms with Crippen LogP contribution < -0.4 is 4.90 Å². The van der Waals surface area contributed by atoms with Crippen LogP contribution in [0.25, 0.3) is 0 Å². The molecule has 1 N–H and O–H groups in total. The minimum Gasteiger partial charge on any atom is -0.378 e. The van der Waals surface area contributed by atoms with Gasteiger partial charge in [0.25, 0.3) is 10.1 Å². The van der Waals surface area contributed by atoms with Crippen molar-refractivity contribution in [3.05, 3.63) is 23.8 Å². The molecule has 0 aliphatic heterocycles. The third-order valence-corrected chi connectivity index (χ3v) is 2.96. The Hall–Kier alpha value is -1.07. The second-order valence-electron chi connectivity index (χ2n) is 3.32. The van der Waals surface area contributed by atoms with Gasteiger partial charge in [-0.3, -0.25) is 4.55 Å². The number of nitrogens with zero attached hydrogens (tertiary/aromatic N) is 1. The maximum atomic E-state index is 11.0. The number of hydrogen-bond acceptors (Lipinski definition) is 3. The maximum absolute atomic E-state index is 11.0. The zero-order valence-electron chi connectivity index (χ0n) is 8.35. The van der Waals surface area contributed by atoms with Crippen molar-refractivity contribution < 1.29 is 13.0 Å². The Labute approximate surface area is 83.9 Å². The molecule has 1 aromatic rings. The molecule has 0 saturated heterocycles. The molecule has 0 aliphatic carbocycles. The molecule has 1 aromatic carbocycles. The molecule has 0 heterocycles. The van der Waals surface area contributed by atoms with Gasteiger partial charge in [-0.05, 0) is 24.6 Å². The van der Waals surface area contributed by atoms with E-state index in [2.05, 4.69) is 0 Å². The van der Waals surface area contributed by atoms with Crippen molar-refractivity contribution in [2.75, 3.05) is 19.0 Å². The van der Waals surface area contributed by atoms with Crippen LogP contribution in [0.15, 0.2) is 23.1 Å². The van der Waals surface area contributed by atoms with E-state index in [9.17, 15) is 8.42 Å². The summed E-state index contributed by atoms with van der Waals surface area (Å²) in [4.78, 5) is 1.73. The van der Waals surface area contributed by atoms with E-state index in [-0.39, 0.29) is 4.90 Å². The van der Waals surface area contributed by atoms with Crippen molar-refractivity contribution in [3.63, 3.8) is 0 Å². The molecule has 14 heavy (non-hydrogen) atoms. The van der Waals surface area contributed by atoms with Crippen LogP contribution in [0.3, 0.4) is 0 Å². The molecule has 0 spiro atoms. The molecule has 0 radical (unpaired) electrons. The number of aryl methyl sites for hydroxylation is 1.